The van der Waals surface area contributed by atoms with Gasteiger partial charge < -0.3 is 0 Å². The Kier molecular flexibility index (Phi) is 2.90. The molecule has 0 unspecified atom stereocenters. The van der Waals surface area contributed by atoms with E-state index in [9.17, 15) is 8.42 Å². The van der Waals surface area contributed by atoms with Crippen LogP contribution < -0.4 is 4.72 Å². The summed E-state index contributed by atoms with van der Waals surface area (Å²) in [6, 6.07) is 10.4. The van der Waals surface area contributed by atoms with Crippen LogP contribution in [0.3, 0.4) is 0 Å². The Balaban J connectivity index is 1.74. The van der Waals surface area contributed by atoms with Crippen molar-refractivity contribution in [3.05, 3.63) is 47.5 Å². The van der Waals surface area contributed by atoms with Crippen LogP contribution in [-0.4, -0.2) is 18.7 Å². The van der Waals surface area contributed by atoms with E-state index in [4.69, 9.17) is 0 Å². The fourth-order valence-electron chi connectivity index (χ4n) is 2.84. The maximum Gasteiger partial charge on any atom is 0.264 e. The highest BCUT2D eigenvalue weighted by atomic mass is 32.2. The van der Waals surface area contributed by atoms with Gasteiger partial charge in [0.1, 0.15) is 10.4 Å². The van der Waals surface area contributed by atoms with Crippen LogP contribution >= 0.6 is 0 Å². The SMILES string of the molecule is O=S(=O)(Nc1ccc2c(c1)CCC2)c1cccc2nonc12. The third-order valence-corrected chi connectivity index (χ3v) is 5.30. The summed E-state index contributed by atoms with van der Waals surface area (Å²) in [7, 11) is -3.74. The first-order chi connectivity index (χ1) is 10.6. The molecule has 0 saturated carbocycles. The fourth-order valence-corrected chi connectivity index (χ4v) is 4.05. The minimum absolute atomic E-state index is 0.0618. The van der Waals surface area contributed by atoms with Crippen molar-refractivity contribution in [1.82, 2.24) is 10.3 Å². The van der Waals surface area contributed by atoms with Crippen LogP contribution in [0.1, 0.15) is 17.5 Å². The number of sulfonamides is 1. The Morgan fingerprint density at radius 2 is 1.91 bits per heavy atom. The normalized spacial score (nSPS) is 14.2. The maximum atomic E-state index is 12.6. The number of nitrogens with one attached hydrogen (secondary N) is 1. The van der Waals surface area contributed by atoms with Crippen LogP contribution in [-0.2, 0) is 22.9 Å². The fraction of sp³-hybridized carbons (Fsp3) is 0.200. The number of anilines is 1. The van der Waals surface area contributed by atoms with E-state index in [1.54, 1.807) is 18.2 Å². The minimum atomic E-state index is -3.74. The molecule has 1 aromatic heterocycles. The Bertz CT molecular complexity index is 963. The van der Waals surface area contributed by atoms with E-state index >= 15 is 0 Å². The lowest BCUT2D eigenvalue weighted by Crippen LogP contribution is -2.13. The van der Waals surface area contributed by atoms with Gasteiger partial charge >= 0.3 is 0 Å². The van der Waals surface area contributed by atoms with Gasteiger partial charge in [0, 0.05) is 5.69 Å². The number of hydrogen-bond donors (Lipinski definition) is 1. The highest BCUT2D eigenvalue weighted by Crippen LogP contribution is 2.27. The molecule has 3 aromatic rings. The Morgan fingerprint density at radius 1 is 1.05 bits per heavy atom. The molecule has 0 bridgehead atoms. The molecular weight excluding hydrogens is 302 g/mol. The monoisotopic (exact) mass is 315 g/mol. The van der Waals surface area contributed by atoms with Gasteiger partial charge in [-0.25, -0.2) is 13.0 Å². The molecule has 0 radical (unpaired) electrons. The number of benzene rings is 2. The highest BCUT2D eigenvalue weighted by molar-refractivity contribution is 7.93. The lowest BCUT2D eigenvalue weighted by atomic mass is 10.1. The molecule has 6 nitrogen and oxygen atoms in total. The Labute approximate surface area is 127 Å². The number of rotatable bonds is 3. The second-order valence-corrected chi connectivity index (χ2v) is 6.98. The first-order valence-electron chi connectivity index (χ1n) is 6.99. The molecule has 112 valence electrons. The van der Waals surface area contributed by atoms with Crippen molar-refractivity contribution in [2.24, 2.45) is 0 Å². The van der Waals surface area contributed by atoms with Gasteiger partial charge in [-0.1, -0.05) is 12.1 Å². The second kappa shape index (κ2) is 4.81. The van der Waals surface area contributed by atoms with Gasteiger partial charge in [-0.15, -0.1) is 0 Å². The van der Waals surface area contributed by atoms with Crippen LogP contribution in [0.4, 0.5) is 5.69 Å². The van der Waals surface area contributed by atoms with Gasteiger partial charge in [0.15, 0.2) is 5.52 Å². The minimum Gasteiger partial charge on any atom is -0.280 e. The van der Waals surface area contributed by atoms with E-state index < -0.39 is 10.0 Å². The molecule has 4 rings (SSSR count). The lowest BCUT2D eigenvalue weighted by Gasteiger charge is -2.09. The molecule has 0 saturated heterocycles. The van der Waals surface area contributed by atoms with Gasteiger partial charge in [-0.2, -0.15) is 0 Å². The average molecular weight is 315 g/mol. The zero-order valence-corrected chi connectivity index (χ0v) is 12.4. The molecule has 1 heterocycles. The average Bonchev–Trinajstić information content (AvgIpc) is 3.14. The summed E-state index contributed by atoms with van der Waals surface area (Å²) in [4.78, 5) is 0.0618. The van der Waals surface area contributed by atoms with Gasteiger partial charge in [-0.3, -0.25) is 4.72 Å². The van der Waals surface area contributed by atoms with Crippen molar-refractivity contribution in [2.45, 2.75) is 24.2 Å². The molecule has 0 amide bonds. The van der Waals surface area contributed by atoms with Crippen molar-refractivity contribution in [3.8, 4) is 0 Å². The molecular formula is C15H13N3O3S. The quantitative estimate of drug-likeness (QED) is 0.802. The van der Waals surface area contributed by atoms with Crippen LogP contribution in [0.2, 0.25) is 0 Å². The second-order valence-electron chi connectivity index (χ2n) is 5.33. The highest BCUT2D eigenvalue weighted by Gasteiger charge is 2.21. The number of aromatic nitrogens is 2. The van der Waals surface area contributed by atoms with Crippen LogP contribution in [0.15, 0.2) is 45.9 Å². The van der Waals surface area contributed by atoms with Crippen molar-refractivity contribution < 1.29 is 13.0 Å². The van der Waals surface area contributed by atoms with E-state index in [2.05, 4.69) is 19.7 Å². The summed E-state index contributed by atoms with van der Waals surface area (Å²) in [5.74, 6) is 0. The number of fused-ring (bicyclic) bond motifs is 2. The summed E-state index contributed by atoms with van der Waals surface area (Å²) in [5, 5.41) is 7.35. The first-order valence-corrected chi connectivity index (χ1v) is 8.48. The van der Waals surface area contributed by atoms with Gasteiger partial charge in [-0.05, 0) is 65.0 Å². The van der Waals surface area contributed by atoms with E-state index in [1.165, 1.54) is 17.2 Å². The molecule has 1 aliphatic carbocycles. The van der Waals surface area contributed by atoms with Crippen LogP contribution in [0.25, 0.3) is 11.0 Å². The first kappa shape index (κ1) is 13.3. The van der Waals surface area contributed by atoms with Crippen molar-refractivity contribution in [2.75, 3.05) is 4.72 Å². The summed E-state index contributed by atoms with van der Waals surface area (Å²) in [5.41, 5.74) is 3.72. The van der Waals surface area contributed by atoms with E-state index in [-0.39, 0.29) is 10.4 Å². The Morgan fingerprint density at radius 3 is 2.82 bits per heavy atom. The molecule has 7 heteroatoms. The van der Waals surface area contributed by atoms with Crippen molar-refractivity contribution in [3.63, 3.8) is 0 Å². The summed E-state index contributed by atoms with van der Waals surface area (Å²) < 4.78 is 32.4. The third-order valence-electron chi connectivity index (χ3n) is 3.89. The lowest BCUT2D eigenvalue weighted by molar-refractivity contribution is 0.315. The number of hydrogen-bond acceptors (Lipinski definition) is 5. The van der Waals surface area contributed by atoms with E-state index in [1.807, 2.05) is 12.1 Å². The largest absolute Gasteiger partial charge is 0.280 e. The van der Waals surface area contributed by atoms with Crippen LogP contribution in [0, 0.1) is 0 Å². The predicted octanol–water partition coefficient (Wildman–Crippen LogP) is 2.51. The molecule has 0 fully saturated rings. The van der Waals surface area contributed by atoms with Gasteiger partial charge in [0.25, 0.3) is 10.0 Å². The smallest absolute Gasteiger partial charge is 0.264 e. The van der Waals surface area contributed by atoms with Crippen molar-refractivity contribution in [1.29, 1.82) is 0 Å². The third kappa shape index (κ3) is 2.14. The van der Waals surface area contributed by atoms with Gasteiger partial charge in [0.2, 0.25) is 0 Å². The molecule has 0 aliphatic heterocycles. The molecule has 0 spiro atoms. The number of nitrogens with zero attached hydrogens (tertiary/aromatic N) is 2. The molecule has 0 atom stereocenters. The number of aryl methyl sites for hydroxylation is 2. The summed E-state index contributed by atoms with van der Waals surface area (Å²) in [6.45, 7) is 0. The summed E-state index contributed by atoms with van der Waals surface area (Å²) in [6.07, 6.45) is 3.18. The molecule has 1 N–H and O–H groups in total. The van der Waals surface area contributed by atoms with E-state index in [0.717, 1.165) is 19.3 Å². The van der Waals surface area contributed by atoms with Gasteiger partial charge in [0.05, 0.1) is 0 Å². The zero-order valence-electron chi connectivity index (χ0n) is 11.6. The zero-order chi connectivity index (χ0) is 15.2. The molecule has 1 aliphatic rings. The van der Waals surface area contributed by atoms with Crippen molar-refractivity contribution >= 4 is 26.7 Å². The standard InChI is InChI=1S/C15H13N3O3S/c19-22(20,14-6-2-5-13-15(14)17-21-16-13)18-12-8-7-10-3-1-4-11(10)9-12/h2,5-9,18H,1,3-4H2. The Hall–Kier alpha value is -2.41. The van der Waals surface area contributed by atoms with Crippen LogP contribution in [0.5, 0.6) is 0 Å². The molecule has 22 heavy (non-hydrogen) atoms. The molecule has 2 aromatic carbocycles. The predicted molar refractivity (Wildman–Crippen MR) is 81.1 cm³/mol. The topological polar surface area (TPSA) is 85.1 Å². The maximum absolute atomic E-state index is 12.6. The van der Waals surface area contributed by atoms with E-state index in [0.29, 0.717) is 11.2 Å². The summed E-state index contributed by atoms with van der Waals surface area (Å²) >= 11 is 0.